The molecule has 0 aliphatic carbocycles. The van der Waals surface area contributed by atoms with Crippen molar-refractivity contribution in [2.75, 3.05) is 11.9 Å². The second kappa shape index (κ2) is 7.83. The topological polar surface area (TPSA) is 132 Å². The summed E-state index contributed by atoms with van der Waals surface area (Å²) in [5.74, 6) is -2.36. The fraction of sp³-hybridized carbons (Fsp3) is 0.111. The van der Waals surface area contributed by atoms with Crippen LogP contribution in [0.3, 0.4) is 0 Å². The highest BCUT2D eigenvalue weighted by Gasteiger charge is 2.17. The van der Waals surface area contributed by atoms with E-state index in [9.17, 15) is 14.4 Å². The molecule has 27 heavy (non-hydrogen) atoms. The van der Waals surface area contributed by atoms with E-state index in [2.05, 4.69) is 10.3 Å². The maximum absolute atomic E-state index is 11.6. The smallest absolute Gasteiger partial charge is 0.341 e. The fourth-order valence-corrected chi connectivity index (χ4v) is 3.24. The van der Waals surface area contributed by atoms with Gasteiger partial charge in [0.15, 0.2) is 11.6 Å². The third-order valence-electron chi connectivity index (χ3n) is 3.59. The van der Waals surface area contributed by atoms with E-state index in [1.165, 1.54) is 0 Å². The van der Waals surface area contributed by atoms with Gasteiger partial charge in [0.05, 0.1) is 10.2 Å². The van der Waals surface area contributed by atoms with Gasteiger partial charge in [-0.3, -0.25) is 9.59 Å². The van der Waals surface area contributed by atoms with Gasteiger partial charge in [-0.15, -0.1) is 11.3 Å². The van der Waals surface area contributed by atoms with Gasteiger partial charge in [-0.25, -0.2) is 9.78 Å². The summed E-state index contributed by atoms with van der Waals surface area (Å²) >= 11 is 1.11. The molecule has 0 unspecified atom stereocenters. The third-order valence-corrected chi connectivity index (χ3v) is 4.61. The van der Waals surface area contributed by atoms with Gasteiger partial charge in [-0.1, -0.05) is 12.1 Å². The lowest BCUT2D eigenvalue weighted by Gasteiger charge is -2.08. The number of nitrogens with two attached hydrogens (primary N) is 1. The largest absolute Gasteiger partial charge is 0.482 e. The van der Waals surface area contributed by atoms with E-state index < -0.39 is 17.7 Å². The summed E-state index contributed by atoms with van der Waals surface area (Å²) in [5.41, 5.74) is 7.43. The van der Waals surface area contributed by atoms with Gasteiger partial charge in [0, 0.05) is 12.2 Å². The zero-order chi connectivity index (χ0) is 19.4. The van der Waals surface area contributed by atoms with Gasteiger partial charge in [-0.05, 0) is 35.9 Å². The van der Waals surface area contributed by atoms with Crippen LogP contribution >= 0.6 is 11.3 Å². The Labute approximate surface area is 157 Å². The maximum atomic E-state index is 11.6. The Kier molecular flexibility index (Phi) is 5.32. The van der Waals surface area contributed by atoms with Crippen LogP contribution in [0.15, 0.2) is 42.5 Å². The molecule has 1 aromatic heterocycles. The number of aromatic nitrogens is 1. The van der Waals surface area contributed by atoms with E-state index >= 15 is 0 Å². The van der Waals surface area contributed by atoms with Gasteiger partial charge < -0.3 is 20.9 Å². The number of rotatable bonds is 8. The van der Waals surface area contributed by atoms with E-state index in [0.717, 1.165) is 27.3 Å². The molecule has 0 saturated carbocycles. The van der Waals surface area contributed by atoms with Crippen LogP contribution in [0.25, 0.3) is 10.2 Å². The first-order valence-corrected chi connectivity index (χ1v) is 8.66. The number of amides is 1. The molecule has 0 aliphatic rings. The number of hydrogen-bond donors (Lipinski definition) is 3. The van der Waals surface area contributed by atoms with Crippen molar-refractivity contribution in [2.24, 2.45) is 5.73 Å². The second-order valence-corrected chi connectivity index (χ2v) is 6.61. The summed E-state index contributed by atoms with van der Waals surface area (Å²) in [6.07, 6.45) is 0. The van der Waals surface area contributed by atoms with Gasteiger partial charge in [0.2, 0.25) is 0 Å². The first-order chi connectivity index (χ1) is 12.9. The standard InChI is InChI=1S/C18H15N3O5S/c19-17(25)16(24)18-21-13-6-3-11(7-14(13)27-18)20-8-10-1-4-12(5-2-10)26-9-15(22)23/h1-7,20H,8-9H2,(H2,19,25)(H,22,23). The second-order valence-electron chi connectivity index (χ2n) is 5.57. The predicted octanol–water partition coefficient (Wildman–Crippen LogP) is 2.04. The van der Waals surface area contributed by atoms with Crippen LogP contribution in [0.2, 0.25) is 0 Å². The minimum atomic E-state index is -1.03. The molecule has 1 heterocycles. The Morgan fingerprint density at radius 2 is 1.89 bits per heavy atom. The van der Waals surface area contributed by atoms with Crippen molar-refractivity contribution in [2.45, 2.75) is 6.54 Å². The Hall–Kier alpha value is -3.46. The number of carboxylic acid groups (broad SMARTS) is 1. The number of ketones is 1. The number of thiazole rings is 1. The molecule has 3 rings (SSSR count). The molecule has 0 spiro atoms. The predicted molar refractivity (Wildman–Crippen MR) is 100 cm³/mol. The van der Waals surface area contributed by atoms with Crippen LogP contribution < -0.4 is 15.8 Å². The number of fused-ring (bicyclic) bond motifs is 1. The molecule has 9 heteroatoms. The molecule has 0 saturated heterocycles. The lowest BCUT2D eigenvalue weighted by molar-refractivity contribution is -0.139. The number of ether oxygens (including phenoxy) is 1. The zero-order valence-corrected chi connectivity index (χ0v) is 14.8. The zero-order valence-electron chi connectivity index (χ0n) is 14.0. The van der Waals surface area contributed by atoms with Crippen molar-refractivity contribution >= 4 is 44.9 Å². The SMILES string of the molecule is NC(=O)C(=O)c1nc2ccc(NCc3ccc(OCC(=O)O)cc3)cc2s1. The molecule has 1 amide bonds. The van der Waals surface area contributed by atoms with Gasteiger partial charge in [0.1, 0.15) is 5.75 Å². The number of benzene rings is 2. The molecule has 138 valence electrons. The van der Waals surface area contributed by atoms with Crippen molar-refractivity contribution in [3.63, 3.8) is 0 Å². The van der Waals surface area contributed by atoms with Crippen molar-refractivity contribution < 1.29 is 24.2 Å². The average molecular weight is 385 g/mol. The van der Waals surface area contributed by atoms with Crippen molar-refractivity contribution in [1.29, 1.82) is 0 Å². The first-order valence-electron chi connectivity index (χ1n) is 7.84. The molecule has 0 fully saturated rings. The molecular formula is C18H15N3O5S. The van der Waals surface area contributed by atoms with Gasteiger partial charge >= 0.3 is 5.97 Å². The van der Waals surface area contributed by atoms with Gasteiger partial charge in [0.25, 0.3) is 11.7 Å². The van der Waals surface area contributed by atoms with Crippen LogP contribution in [0.4, 0.5) is 5.69 Å². The van der Waals surface area contributed by atoms with E-state index in [-0.39, 0.29) is 11.6 Å². The van der Waals surface area contributed by atoms with Crippen LogP contribution in [-0.4, -0.2) is 34.4 Å². The molecule has 0 radical (unpaired) electrons. The molecule has 3 aromatic rings. The summed E-state index contributed by atoms with van der Waals surface area (Å²) in [7, 11) is 0. The minimum absolute atomic E-state index is 0.0756. The molecule has 8 nitrogen and oxygen atoms in total. The number of nitrogens with one attached hydrogen (secondary N) is 1. The van der Waals surface area contributed by atoms with E-state index in [1.807, 2.05) is 24.3 Å². The summed E-state index contributed by atoms with van der Waals surface area (Å²) in [6.45, 7) is 0.156. The first kappa shape index (κ1) is 18.3. The Morgan fingerprint density at radius 3 is 2.56 bits per heavy atom. The van der Waals surface area contributed by atoms with Crippen LogP contribution in [0, 0.1) is 0 Å². The highest BCUT2D eigenvalue weighted by atomic mass is 32.1. The summed E-state index contributed by atoms with van der Waals surface area (Å²) in [6, 6.07) is 12.5. The van der Waals surface area contributed by atoms with Crippen LogP contribution in [0.1, 0.15) is 15.4 Å². The number of aliphatic carboxylic acids is 1. The maximum Gasteiger partial charge on any atom is 0.341 e. The lowest BCUT2D eigenvalue weighted by atomic mass is 10.2. The van der Waals surface area contributed by atoms with Crippen LogP contribution in [-0.2, 0) is 16.1 Å². The Bertz CT molecular complexity index is 1010. The lowest BCUT2D eigenvalue weighted by Crippen LogP contribution is -2.22. The molecular weight excluding hydrogens is 370 g/mol. The molecule has 4 N–H and O–H groups in total. The fourth-order valence-electron chi connectivity index (χ4n) is 2.29. The molecule has 2 aromatic carbocycles. The number of carbonyl (C=O) groups is 3. The Morgan fingerprint density at radius 1 is 1.15 bits per heavy atom. The van der Waals surface area contributed by atoms with Crippen molar-refractivity contribution in [1.82, 2.24) is 4.98 Å². The quantitative estimate of drug-likeness (QED) is 0.399. The Balaban J connectivity index is 1.65. The number of carboxylic acids is 1. The molecule has 0 aliphatic heterocycles. The van der Waals surface area contributed by atoms with Crippen molar-refractivity contribution in [3.05, 3.63) is 53.0 Å². The van der Waals surface area contributed by atoms with Crippen molar-refractivity contribution in [3.8, 4) is 5.75 Å². The monoisotopic (exact) mass is 385 g/mol. The highest BCUT2D eigenvalue weighted by Crippen LogP contribution is 2.26. The van der Waals surface area contributed by atoms with E-state index in [4.69, 9.17) is 15.6 Å². The van der Waals surface area contributed by atoms with E-state index in [1.54, 1.807) is 18.2 Å². The summed E-state index contributed by atoms with van der Waals surface area (Å²) in [4.78, 5) is 37.2. The third kappa shape index (κ3) is 4.59. The van der Waals surface area contributed by atoms with Crippen LogP contribution in [0.5, 0.6) is 5.75 Å². The number of anilines is 1. The summed E-state index contributed by atoms with van der Waals surface area (Å²) < 4.78 is 5.85. The number of hydrogen-bond acceptors (Lipinski definition) is 7. The number of carbonyl (C=O) groups excluding carboxylic acids is 2. The highest BCUT2D eigenvalue weighted by molar-refractivity contribution is 7.21. The normalized spacial score (nSPS) is 10.5. The number of Topliss-reactive ketones (excluding diaryl/α,β-unsaturated/α-hetero) is 1. The van der Waals surface area contributed by atoms with Gasteiger partial charge in [-0.2, -0.15) is 0 Å². The average Bonchev–Trinajstić information content (AvgIpc) is 3.08. The number of nitrogens with zero attached hydrogens (tertiary/aromatic N) is 1. The summed E-state index contributed by atoms with van der Waals surface area (Å²) in [5, 5.41) is 11.9. The number of primary amides is 1. The van der Waals surface area contributed by atoms with E-state index in [0.29, 0.717) is 17.8 Å². The minimum Gasteiger partial charge on any atom is -0.482 e. The molecule has 0 atom stereocenters. The molecule has 0 bridgehead atoms.